The van der Waals surface area contributed by atoms with Crippen molar-refractivity contribution in [1.82, 2.24) is 9.97 Å². The van der Waals surface area contributed by atoms with Crippen LogP contribution in [0, 0.1) is 0 Å². The Bertz CT molecular complexity index is 729. The molecule has 1 fully saturated rings. The molecule has 1 aliphatic heterocycles. The first-order valence-electron chi connectivity index (χ1n) is 8.68. The second-order valence-corrected chi connectivity index (χ2v) is 6.05. The average Bonchev–Trinajstić information content (AvgIpc) is 2.65. The van der Waals surface area contributed by atoms with Crippen LogP contribution in [-0.2, 0) is 9.47 Å². The maximum atomic E-state index is 11.4. The van der Waals surface area contributed by atoms with Crippen molar-refractivity contribution in [2.75, 3.05) is 37.8 Å². The number of piperidine rings is 1. The van der Waals surface area contributed by atoms with Gasteiger partial charge in [-0.1, -0.05) is 0 Å². The monoisotopic (exact) mass is 344 g/mol. The molecular weight excluding hydrogens is 320 g/mol. The second kappa shape index (κ2) is 8.22. The van der Waals surface area contributed by atoms with E-state index in [-0.39, 0.29) is 11.8 Å². The molecule has 0 aliphatic carbocycles. The van der Waals surface area contributed by atoms with Crippen LogP contribution in [0.15, 0.2) is 24.5 Å². The van der Waals surface area contributed by atoms with E-state index >= 15 is 0 Å². The molecule has 134 valence electrons. The minimum atomic E-state index is -0.522. The smallest absolute Gasteiger partial charge is 0.267 e. The number of ether oxygens (including phenoxy) is 2. The molecule has 3 heterocycles. The Balaban J connectivity index is 1.68. The van der Waals surface area contributed by atoms with E-state index in [4.69, 9.17) is 15.2 Å². The molecule has 7 heteroatoms. The molecule has 0 bridgehead atoms. The van der Waals surface area contributed by atoms with E-state index in [1.165, 1.54) is 0 Å². The number of amides is 1. The largest absolute Gasteiger partial charge is 0.379 e. The summed E-state index contributed by atoms with van der Waals surface area (Å²) in [6.07, 6.45) is 5.70. The molecule has 0 spiro atoms. The molecule has 2 aromatic rings. The summed E-state index contributed by atoms with van der Waals surface area (Å²) in [6.45, 7) is 5.71. The van der Waals surface area contributed by atoms with Gasteiger partial charge in [-0.05, 0) is 31.9 Å². The second-order valence-electron chi connectivity index (χ2n) is 6.05. The fourth-order valence-electron chi connectivity index (χ4n) is 3.08. The predicted molar refractivity (Wildman–Crippen MR) is 95.7 cm³/mol. The molecule has 1 saturated heterocycles. The Kier molecular flexibility index (Phi) is 5.78. The zero-order valence-corrected chi connectivity index (χ0v) is 14.5. The van der Waals surface area contributed by atoms with E-state index in [0.717, 1.165) is 49.1 Å². The summed E-state index contributed by atoms with van der Waals surface area (Å²) in [4.78, 5) is 22.4. The van der Waals surface area contributed by atoms with Crippen molar-refractivity contribution in [2.45, 2.75) is 25.9 Å². The van der Waals surface area contributed by atoms with Gasteiger partial charge in [0, 0.05) is 31.3 Å². The number of aromatic nitrogens is 2. The van der Waals surface area contributed by atoms with E-state index < -0.39 is 5.91 Å². The normalized spacial score (nSPS) is 15.6. The van der Waals surface area contributed by atoms with Crippen molar-refractivity contribution < 1.29 is 14.3 Å². The highest BCUT2D eigenvalue weighted by Gasteiger charge is 2.22. The molecule has 1 amide bonds. The third-order valence-electron chi connectivity index (χ3n) is 4.40. The van der Waals surface area contributed by atoms with Crippen LogP contribution in [0.5, 0.6) is 0 Å². The number of nitrogens with zero attached hydrogens (tertiary/aromatic N) is 3. The lowest BCUT2D eigenvalue weighted by atomic mass is 10.1. The van der Waals surface area contributed by atoms with Crippen LogP contribution < -0.4 is 10.6 Å². The molecule has 1 aliphatic rings. The lowest BCUT2D eigenvalue weighted by Crippen LogP contribution is -2.37. The number of rotatable bonds is 7. The number of pyridine rings is 2. The number of hydrogen-bond acceptors (Lipinski definition) is 6. The first-order valence-corrected chi connectivity index (χ1v) is 8.68. The van der Waals surface area contributed by atoms with Gasteiger partial charge in [-0.15, -0.1) is 0 Å². The fourth-order valence-corrected chi connectivity index (χ4v) is 3.08. The third-order valence-corrected chi connectivity index (χ3v) is 4.40. The highest BCUT2D eigenvalue weighted by atomic mass is 16.5. The zero-order valence-electron chi connectivity index (χ0n) is 14.5. The van der Waals surface area contributed by atoms with E-state index in [0.29, 0.717) is 13.2 Å². The number of hydrogen-bond donors (Lipinski definition) is 1. The number of carbonyl (C=O) groups is 1. The SMILES string of the molecule is CCOCCOC1CCN(c2cncc3ccc(C(N)=O)nc23)CC1. The van der Waals surface area contributed by atoms with Gasteiger partial charge >= 0.3 is 0 Å². The summed E-state index contributed by atoms with van der Waals surface area (Å²) < 4.78 is 11.2. The molecule has 0 saturated carbocycles. The number of nitrogens with two attached hydrogens (primary N) is 1. The van der Waals surface area contributed by atoms with Crippen molar-refractivity contribution in [3.63, 3.8) is 0 Å². The topological polar surface area (TPSA) is 90.6 Å². The van der Waals surface area contributed by atoms with Crippen molar-refractivity contribution in [2.24, 2.45) is 5.73 Å². The van der Waals surface area contributed by atoms with Gasteiger partial charge in [0.2, 0.25) is 0 Å². The molecule has 2 N–H and O–H groups in total. The lowest BCUT2D eigenvalue weighted by molar-refractivity contribution is -0.00229. The molecule has 2 aromatic heterocycles. The Morgan fingerprint density at radius 1 is 1.28 bits per heavy atom. The van der Waals surface area contributed by atoms with Crippen LogP contribution in [0.25, 0.3) is 10.9 Å². The van der Waals surface area contributed by atoms with Gasteiger partial charge in [0.1, 0.15) is 5.69 Å². The van der Waals surface area contributed by atoms with Crippen LogP contribution in [0.3, 0.4) is 0 Å². The van der Waals surface area contributed by atoms with Gasteiger partial charge in [-0.3, -0.25) is 9.78 Å². The number of carbonyl (C=O) groups excluding carboxylic acids is 1. The first kappa shape index (κ1) is 17.6. The summed E-state index contributed by atoms with van der Waals surface area (Å²) in [7, 11) is 0. The third kappa shape index (κ3) is 4.24. The molecular formula is C18H24N4O3. The number of anilines is 1. The van der Waals surface area contributed by atoms with E-state index in [2.05, 4.69) is 14.9 Å². The maximum absolute atomic E-state index is 11.4. The standard InChI is InChI=1S/C18H24N4O3/c1-2-24-9-10-25-14-5-7-22(8-6-14)16-12-20-11-13-3-4-15(18(19)23)21-17(13)16/h3-4,11-12,14H,2,5-10H2,1H3,(H2,19,23). The van der Waals surface area contributed by atoms with Crippen LogP contribution in [0.2, 0.25) is 0 Å². The molecule has 25 heavy (non-hydrogen) atoms. The average molecular weight is 344 g/mol. The maximum Gasteiger partial charge on any atom is 0.267 e. The molecule has 0 unspecified atom stereocenters. The van der Waals surface area contributed by atoms with Crippen molar-refractivity contribution in [3.8, 4) is 0 Å². The number of fused-ring (bicyclic) bond motifs is 1. The summed E-state index contributed by atoms with van der Waals surface area (Å²) in [5.74, 6) is -0.522. The predicted octanol–water partition coefficient (Wildman–Crippen LogP) is 1.75. The van der Waals surface area contributed by atoms with Crippen LogP contribution in [0.1, 0.15) is 30.3 Å². The van der Waals surface area contributed by atoms with Crippen LogP contribution >= 0.6 is 0 Å². The molecule has 3 rings (SSSR count). The van der Waals surface area contributed by atoms with Gasteiger partial charge in [0.25, 0.3) is 5.91 Å². The molecule has 0 radical (unpaired) electrons. The summed E-state index contributed by atoms with van der Waals surface area (Å²) in [6, 6.07) is 3.47. The van der Waals surface area contributed by atoms with Gasteiger partial charge in [0.05, 0.1) is 36.7 Å². The van der Waals surface area contributed by atoms with E-state index in [1.807, 2.05) is 13.0 Å². The fraction of sp³-hybridized carbons (Fsp3) is 0.500. The van der Waals surface area contributed by atoms with Crippen LogP contribution in [0.4, 0.5) is 5.69 Å². The Hall–Kier alpha value is -2.25. The molecule has 0 aromatic carbocycles. The van der Waals surface area contributed by atoms with Crippen LogP contribution in [-0.4, -0.2) is 54.9 Å². The van der Waals surface area contributed by atoms with Gasteiger partial charge < -0.3 is 20.1 Å². The molecule has 7 nitrogen and oxygen atoms in total. The zero-order chi connectivity index (χ0) is 17.6. The Labute approximate surface area is 147 Å². The van der Waals surface area contributed by atoms with E-state index in [1.54, 1.807) is 18.5 Å². The van der Waals surface area contributed by atoms with Gasteiger partial charge in [-0.2, -0.15) is 0 Å². The summed E-state index contributed by atoms with van der Waals surface area (Å²) in [5, 5.41) is 0.901. The minimum absolute atomic E-state index is 0.258. The molecule has 0 atom stereocenters. The lowest BCUT2D eigenvalue weighted by Gasteiger charge is -2.33. The van der Waals surface area contributed by atoms with Crippen molar-refractivity contribution >= 4 is 22.5 Å². The first-order chi connectivity index (χ1) is 12.2. The number of primary amides is 1. The van der Waals surface area contributed by atoms with Gasteiger partial charge in [0.15, 0.2) is 0 Å². The van der Waals surface area contributed by atoms with Gasteiger partial charge in [-0.25, -0.2) is 4.98 Å². The van der Waals surface area contributed by atoms with E-state index in [9.17, 15) is 4.79 Å². The van der Waals surface area contributed by atoms with Crippen molar-refractivity contribution in [3.05, 3.63) is 30.2 Å². The Morgan fingerprint density at radius 3 is 2.80 bits per heavy atom. The minimum Gasteiger partial charge on any atom is -0.379 e. The quantitative estimate of drug-likeness (QED) is 0.770. The summed E-state index contributed by atoms with van der Waals surface area (Å²) in [5.41, 5.74) is 7.34. The highest BCUT2D eigenvalue weighted by Crippen LogP contribution is 2.27. The van der Waals surface area contributed by atoms with Crippen molar-refractivity contribution in [1.29, 1.82) is 0 Å². The Morgan fingerprint density at radius 2 is 2.08 bits per heavy atom. The summed E-state index contributed by atoms with van der Waals surface area (Å²) >= 11 is 0. The highest BCUT2D eigenvalue weighted by molar-refractivity contribution is 5.96.